The largest absolute Gasteiger partial charge is 0.368 e. The molecule has 2 heterocycles. The third kappa shape index (κ3) is 3.92. The molecular formula is C19H24N4O. The van der Waals surface area contributed by atoms with E-state index in [0.717, 1.165) is 44.0 Å². The highest BCUT2D eigenvalue weighted by molar-refractivity contribution is 6.02. The van der Waals surface area contributed by atoms with Gasteiger partial charge in [0, 0.05) is 31.9 Å². The molecule has 126 valence electrons. The van der Waals surface area contributed by atoms with Crippen LogP contribution in [-0.2, 0) is 6.42 Å². The topological polar surface area (TPSA) is 48.5 Å². The summed E-state index contributed by atoms with van der Waals surface area (Å²) in [6.07, 6.45) is 2.78. The first-order valence-corrected chi connectivity index (χ1v) is 8.45. The molecule has 2 aromatic rings. The number of amides is 1. The molecular weight excluding hydrogens is 300 g/mol. The van der Waals surface area contributed by atoms with Gasteiger partial charge in [-0.2, -0.15) is 0 Å². The number of anilines is 2. The summed E-state index contributed by atoms with van der Waals surface area (Å²) in [6.45, 7) is 6.20. The van der Waals surface area contributed by atoms with E-state index < -0.39 is 0 Å². The van der Waals surface area contributed by atoms with Gasteiger partial charge in [0.05, 0.1) is 11.9 Å². The van der Waals surface area contributed by atoms with Crippen LogP contribution in [0.5, 0.6) is 0 Å². The van der Waals surface area contributed by atoms with Crippen LogP contribution >= 0.6 is 0 Å². The Morgan fingerprint density at radius 2 is 1.79 bits per heavy atom. The van der Waals surface area contributed by atoms with Crippen molar-refractivity contribution in [3.63, 3.8) is 0 Å². The number of nitrogens with one attached hydrogen (secondary N) is 1. The highest BCUT2D eigenvalue weighted by Gasteiger charge is 2.15. The summed E-state index contributed by atoms with van der Waals surface area (Å²) in [7, 11) is 2.13. The van der Waals surface area contributed by atoms with E-state index in [9.17, 15) is 4.79 Å². The van der Waals surface area contributed by atoms with E-state index in [4.69, 9.17) is 0 Å². The third-order valence-corrected chi connectivity index (χ3v) is 4.47. The van der Waals surface area contributed by atoms with Crippen molar-refractivity contribution in [1.82, 2.24) is 9.88 Å². The standard InChI is InChI=1S/C19H24N4O/c1-3-15-4-6-16(7-5-15)21-19(24)18-9-8-17(14-20-18)23-12-10-22(2)11-13-23/h4-9,14H,3,10-13H2,1-2H3,(H,21,24). The molecule has 1 fully saturated rings. The van der Waals surface area contributed by atoms with Crippen molar-refractivity contribution in [2.24, 2.45) is 0 Å². The lowest BCUT2D eigenvalue weighted by Gasteiger charge is -2.33. The minimum Gasteiger partial charge on any atom is -0.368 e. The number of aromatic nitrogens is 1. The van der Waals surface area contributed by atoms with Gasteiger partial charge in [-0.15, -0.1) is 0 Å². The minimum absolute atomic E-state index is 0.177. The molecule has 0 aliphatic carbocycles. The molecule has 1 amide bonds. The molecule has 5 heteroatoms. The molecule has 1 N–H and O–H groups in total. The van der Waals surface area contributed by atoms with Gasteiger partial charge in [-0.3, -0.25) is 4.79 Å². The van der Waals surface area contributed by atoms with Crippen LogP contribution < -0.4 is 10.2 Å². The van der Waals surface area contributed by atoms with Crippen LogP contribution in [0.1, 0.15) is 23.0 Å². The monoisotopic (exact) mass is 324 g/mol. The molecule has 1 saturated heterocycles. The molecule has 0 spiro atoms. The summed E-state index contributed by atoms with van der Waals surface area (Å²) in [5.74, 6) is -0.177. The number of nitrogens with zero attached hydrogens (tertiary/aromatic N) is 3. The van der Waals surface area contributed by atoms with Gasteiger partial charge >= 0.3 is 0 Å². The van der Waals surface area contributed by atoms with Crippen LogP contribution in [0.25, 0.3) is 0 Å². The fourth-order valence-corrected chi connectivity index (χ4v) is 2.79. The Labute approximate surface area is 143 Å². The van der Waals surface area contributed by atoms with Crippen molar-refractivity contribution in [3.8, 4) is 0 Å². The maximum absolute atomic E-state index is 12.3. The Balaban J connectivity index is 1.62. The van der Waals surface area contributed by atoms with E-state index in [-0.39, 0.29) is 5.91 Å². The average molecular weight is 324 g/mol. The third-order valence-electron chi connectivity index (χ3n) is 4.47. The maximum Gasteiger partial charge on any atom is 0.274 e. The van der Waals surface area contributed by atoms with Crippen LogP contribution in [0.2, 0.25) is 0 Å². The van der Waals surface area contributed by atoms with Crippen LogP contribution in [0.3, 0.4) is 0 Å². The predicted octanol–water partition coefficient (Wildman–Crippen LogP) is 2.65. The maximum atomic E-state index is 12.3. The van der Waals surface area contributed by atoms with Gasteiger partial charge in [0.15, 0.2) is 0 Å². The van der Waals surface area contributed by atoms with Crippen molar-refractivity contribution < 1.29 is 4.79 Å². The zero-order valence-corrected chi connectivity index (χ0v) is 14.3. The number of aryl methyl sites for hydroxylation is 1. The predicted molar refractivity (Wildman–Crippen MR) is 97.7 cm³/mol. The summed E-state index contributed by atoms with van der Waals surface area (Å²) in [6, 6.07) is 11.7. The Kier molecular flexibility index (Phi) is 5.11. The van der Waals surface area contributed by atoms with Gasteiger partial charge in [0.1, 0.15) is 5.69 Å². The lowest BCUT2D eigenvalue weighted by Crippen LogP contribution is -2.44. The van der Waals surface area contributed by atoms with E-state index in [1.807, 2.05) is 30.3 Å². The fraction of sp³-hybridized carbons (Fsp3) is 0.368. The van der Waals surface area contributed by atoms with Crippen molar-refractivity contribution in [3.05, 3.63) is 53.9 Å². The van der Waals surface area contributed by atoms with E-state index in [1.54, 1.807) is 12.3 Å². The summed E-state index contributed by atoms with van der Waals surface area (Å²) >= 11 is 0. The first-order chi connectivity index (χ1) is 11.7. The lowest BCUT2D eigenvalue weighted by molar-refractivity contribution is 0.102. The molecule has 1 aliphatic heterocycles. The normalized spacial score (nSPS) is 15.3. The van der Waals surface area contributed by atoms with Crippen LogP contribution in [0.15, 0.2) is 42.6 Å². The number of likely N-dealkylation sites (N-methyl/N-ethyl adjacent to an activating group) is 1. The molecule has 1 aromatic heterocycles. The van der Waals surface area contributed by atoms with Crippen LogP contribution in [0, 0.1) is 0 Å². The van der Waals surface area contributed by atoms with Crippen molar-refractivity contribution in [1.29, 1.82) is 0 Å². The SMILES string of the molecule is CCc1ccc(NC(=O)c2ccc(N3CCN(C)CC3)cn2)cc1. The molecule has 0 atom stereocenters. The Morgan fingerprint density at radius 3 is 2.38 bits per heavy atom. The van der Waals surface area contributed by atoms with Crippen molar-refractivity contribution >= 4 is 17.3 Å². The van der Waals surface area contributed by atoms with Crippen molar-refractivity contribution in [2.75, 3.05) is 43.4 Å². The van der Waals surface area contributed by atoms with Gasteiger partial charge in [-0.05, 0) is 43.3 Å². The molecule has 0 bridgehead atoms. The highest BCUT2D eigenvalue weighted by atomic mass is 16.1. The second-order valence-corrected chi connectivity index (χ2v) is 6.20. The summed E-state index contributed by atoms with van der Waals surface area (Å²) in [5.41, 5.74) is 3.56. The molecule has 1 aromatic carbocycles. The highest BCUT2D eigenvalue weighted by Crippen LogP contribution is 2.16. The Hall–Kier alpha value is -2.40. The second-order valence-electron chi connectivity index (χ2n) is 6.20. The molecule has 0 unspecified atom stereocenters. The Morgan fingerprint density at radius 1 is 1.08 bits per heavy atom. The lowest BCUT2D eigenvalue weighted by atomic mass is 10.1. The number of pyridine rings is 1. The van der Waals surface area contributed by atoms with E-state index in [2.05, 4.69) is 34.1 Å². The number of carbonyl (C=O) groups is 1. The zero-order valence-electron chi connectivity index (χ0n) is 14.3. The first-order valence-electron chi connectivity index (χ1n) is 8.45. The Bertz CT molecular complexity index is 674. The number of hydrogen-bond acceptors (Lipinski definition) is 4. The number of rotatable bonds is 4. The summed E-state index contributed by atoms with van der Waals surface area (Å²) < 4.78 is 0. The molecule has 3 rings (SSSR count). The number of benzene rings is 1. The molecule has 1 aliphatic rings. The first kappa shape index (κ1) is 16.5. The van der Waals surface area contributed by atoms with E-state index in [1.165, 1.54) is 5.56 Å². The summed E-state index contributed by atoms with van der Waals surface area (Å²) in [4.78, 5) is 21.3. The van der Waals surface area contributed by atoms with Gasteiger partial charge < -0.3 is 15.1 Å². The quantitative estimate of drug-likeness (QED) is 0.939. The van der Waals surface area contributed by atoms with Gasteiger partial charge in [-0.1, -0.05) is 19.1 Å². The second kappa shape index (κ2) is 7.45. The molecule has 0 radical (unpaired) electrons. The van der Waals surface area contributed by atoms with E-state index in [0.29, 0.717) is 5.69 Å². The number of carbonyl (C=O) groups excluding carboxylic acids is 1. The van der Waals surface area contributed by atoms with Crippen LogP contribution in [0.4, 0.5) is 11.4 Å². The molecule has 0 saturated carbocycles. The number of piperazine rings is 1. The van der Waals surface area contributed by atoms with Gasteiger partial charge in [0.25, 0.3) is 5.91 Å². The van der Waals surface area contributed by atoms with E-state index >= 15 is 0 Å². The average Bonchev–Trinajstić information content (AvgIpc) is 2.63. The molecule has 5 nitrogen and oxygen atoms in total. The molecule has 24 heavy (non-hydrogen) atoms. The van der Waals surface area contributed by atoms with Crippen molar-refractivity contribution in [2.45, 2.75) is 13.3 Å². The fourth-order valence-electron chi connectivity index (χ4n) is 2.79. The number of hydrogen-bond donors (Lipinski definition) is 1. The van der Waals surface area contributed by atoms with Gasteiger partial charge in [-0.25, -0.2) is 4.98 Å². The minimum atomic E-state index is -0.177. The smallest absolute Gasteiger partial charge is 0.274 e. The van der Waals surface area contributed by atoms with Crippen LogP contribution in [-0.4, -0.2) is 49.0 Å². The summed E-state index contributed by atoms with van der Waals surface area (Å²) in [5, 5.41) is 2.89. The zero-order chi connectivity index (χ0) is 16.9. The van der Waals surface area contributed by atoms with Gasteiger partial charge in [0.2, 0.25) is 0 Å².